The van der Waals surface area contributed by atoms with Crippen molar-refractivity contribution in [1.29, 1.82) is 0 Å². The molecule has 8 nitrogen and oxygen atoms in total. The zero-order valence-corrected chi connectivity index (χ0v) is 14.2. The quantitative estimate of drug-likeness (QED) is 0.648. The smallest absolute Gasteiger partial charge is 0.233 e. The van der Waals surface area contributed by atoms with E-state index in [9.17, 15) is 4.79 Å². The summed E-state index contributed by atoms with van der Waals surface area (Å²) >= 11 is 1.34. The van der Waals surface area contributed by atoms with Crippen LogP contribution in [0.3, 0.4) is 0 Å². The summed E-state index contributed by atoms with van der Waals surface area (Å²) in [4.78, 5) is 18.4. The summed E-state index contributed by atoms with van der Waals surface area (Å²) in [6.45, 7) is 2.47. The Kier molecular flexibility index (Phi) is 4.57. The van der Waals surface area contributed by atoms with Crippen molar-refractivity contribution in [2.45, 2.75) is 5.16 Å². The van der Waals surface area contributed by atoms with E-state index in [2.05, 4.69) is 20.3 Å². The normalized spacial score (nSPS) is 14.8. The first-order valence-corrected chi connectivity index (χ1v) is 8.92. The van der Waals surface area contributed by atoms with E-state index in [0.29, 0.717) is 42.9 Å². The van der Waals surface area contributed by atoms with E-state index in [1.54, 1.807) is 10.7 Å². The number of ether oxygens (including phenoxy) is 1. The summed E-state index contributed by atoms with van der Waals surface area (Å²) < 4.78 is 6.92. The highest BCUT2D eigenvalue weighted by Gasteiger charge is 2.18. The molecule has 9 heteroatoms. The lowest BCUT2D eigenvalue weighted by molar-refractivity contribution is -0.132. The Balaban J connectivity index is 1.52. The highest BCUT2D eigenvalue weighted by Crippen LogP contribution is 2.19. The number of fused-ring (bicyclic) bond motifs is 1. The van der Waals surface area contributed by atoms with Crippen LogP contribution in [-0.4, -0.2) is 67.7 Å². The first kappa shape index (κ1) is 16.0. The Morgan fingerprint density at radius 2 is 2.00 bits per heavy atom. The van der Waals surface area contributed by atoms with Gasteiger partial charge in [-0.3, -0.25) is 9.78 Å². The fourth-order valence-electron chi connectivity index (χ4n) is 2.54. The van der Waals surface area contributed by atoms with Crippen LogP contribution >= 0.6 is 11.8 Å². The van der Waals surface area contributed by atoms with Crippen molar-refractivity contribution in [3.05, 3.63) is 36.5 Å². The minimum Gasteiger partial charge on any atom is -0.378 e. The number of carbonyl (C=O) groups excluding carboxylic acids is 1. The van der Waals surface area contributed by atoms with Gasteiger partial charge in [-0.25, -0.2) is 0 Å². The van der Waals surface area contributed by atoms with Gasteiger partial charge in [0.15, 0.2) is 5.65 Å². The van der Waals surface area contributed by atoms with Crippen LogP contribution in [0.25, 0.3) is 17.0 Å². The van der Waals surface area contributed by atoms with Gasteiger partial charge in [0.2, 0.25) is 11.1 Å². The van der Waals surface area contributed by atoms with Gasteiger partial charge >= 0.3 is 0 Å². The predicted octanol–water partition coefficient (Wildman–Crippen LogP) is 1.14. The molecular formula is C16H16N6O2S. The molecule has 0 bridgehead atoms. The molecule has 0 saturated carbocycles. The summed E-state index contributed by atoms with van der Waals surface area (Å²) in [5.41, 5.74) is 2.15. The number of aromatic nitrogens is 5. The van der Waals surface area contributed by atoms with E-state index in [-0.39, 0.29) is 5.91 Å². The molecule has 0 spiro atoms. The number of thioether (sulfide) groups is 1. The molecular weight excluding hydrogens is 340 g/mol. The predicted molar refractivity (Wildman–Crippen MR) is 92.1 cm³/mol. The Labute approximate surface area is 148 Å². The molecule has 1 aliphatic heterocycles. The largest absolute Gasteiger partial charge is 0.378 e. The lowest BCUT2D eigenvalue weighted by Crippen LogP contribution is -2.41. The van der Waals surface area contributed by atoms with Gasteiger partial charge in [-0.05, 0) is 24.3 Å². The van der Waals surface area contributed by atoms with Crippen LogP contribution in [0.5, 0.6) is 0 Å². The van der Waals surface area contributed by atoms with Crippen molar-refractivity contribution < 1.29 is 9.53 Å². The van der Waals surface area contributed by atoms with Gasteiger partial charge in [0.25, 0.3) is 0 Å². The zero-order chi connectivity index (χ0) is 17.1. The number of nitrogens with zero attached hydrogens (tertiary/aromatic N) is 6. The van der Waals surface area contributed by atoms with Crippen LogP contribution in [0.4, 0.5) is 0 Å². The minimum atomic E-state index is 0.0749. The fourth-order valence-corrected chi connectivity index (χ4v) is 3.33. The molecule has 0 atom stereocenters. The molecule has 128 valence electrons. The second-order valence-electron chi connectivity index (χ2n) is 5.47. The van der Waals surface area contributed by atoms with Crippen molar-refractivity contribution in [3.63, 3.8) is 0 Å². The van der Waals surface area contributed by atoms with Crippen LogP contribution < -0.4 is 0 Å². The molecule has 1 saturated heterocycles. The molecule has 0 N–H and O–H groups in total. The maximum atomic E-state index is 12.3. The lowest BCUT2D eigenvalue weighted by Gasteiger charge is -2.26. The molecule has 4 rings (SSSR count). The first-order chi connectivity index (χ1) is 12.3. The topological polar surface area (TPSA) is 85.5 Å². The highest BCUT2D eigenvalue weighted by atomic mass is 32.2. The van der Waals surface area contributed by atoms with Crippen molar-refractivity contribution >= 4 is 23.3 Å². The fraction of sp³-hybridized carbons (Fsp3) is 0.312. The summed E-state index contributed by atoms with van der Waals surface area (Å²) in [6.07, 6.45) is 1.73. The van der Waals surface area contributed by atoms with Crippen LogP contribution in [0.15, 0.2) is 41.7 Å². The second kappa shape index (κ2) is 7.16. The summed E-state index contributed by atoms with van der Waals surface area (Å²) in [7, 11) is 0. The Hall–Kier alpha value is -2.52. The molecule has 0 radical (unpaired) electrons. The van der Waals surface area contributed by atoms with E-state index < -0.39 is 0 Å². The summed E-state index contributed by atoms with van der Waals surface area (Å²) in [5.74, 6) is 0.377. The average molecular weight is 356 g/mol. The number of rotatable bonds is 4. The standard InChI is InChI=1S/C16H16N6O2S/c23-15(21-7-9-24-10-8-21)11-25-16-19-18-14-5-4-13(20-22(14)16)12-3-1-2-6-17-12/h1-6H,7-11H2. The third-order valence-electron chi connectivity index (χ3n) is 3.85. The number of hydrogen-bond donors (Lipinski definition) is 0. The monoisotopic (exact) mass is 356 g/mol. The molecule has 0 aliphatic carbocycles. The molecule has 3 aromatic heterocycles. The second-order valence-corrected chi connectivity index (χ2v) is 6.41. The number of hydrogen-bond acceptors (Lipinski definition) is 7. The van der Waals surface area contributed by atoms with Crippen LogP contribution in [0.2, 0.25) is 0 Å². The lowest BCUT2D eigenvalue weighted by atomic mass is 10.2. The molecule has 4 heterocycles. The van der Waals surface area contributed by atoms with Gasteiger partial charge < -0.3 is 9.64 Å². The van der Waals surface area contributed by atoms with Crippen molar-refractivity contribution in [2.24, 2.45) is 0 Å². The van der Waals surface area contributed by atoms with Crippen molar-refractivity contribution in [2.75, 3.05) is 32.1 Å². The first-order valence-electron chi connectivity index (χ1n) is 7.93. The average Bonchev–Trinajstić information content (AvgIpc) is 3.10. The van der Waals surface area contributed by atoms with Gasteiger partial charge in [0, 0.05) is 19.3 Å². The third-order valence-corrected chi connectivity index (χ3v) is 4.75. The molecule has 0 unspecified atom stereocenters. The SMILES string of the molecule is O=C(CSc1nnc2ccc(-c3ccccn3)nn12)N1CCOCC1. The number of carbonyl (C=O) groups is 1. The van der Waals surface area contributed by atoms with Crippen molar-refractivity contribution in [1.82, 2.24) is 29.7 Å². The molecule has 0 aromatic carbocycles. The number of pyridine rings is 1. The summed E-state index contributed by atoms with van der Waals surface area (Å²) in [5, 5.41) is 13.4. The van der Waals surface area contributed by atoms with Crippen molar-refractivity contribution in [3.8, 4) is 11.4 Å². The molecule has 3 aromatic rings. The molecule has 1 aliphatic rings. The van der Waals surface area contributed by atoms with Crippen LogP contribution in [0, 0.1) is 0 Å². The maximum absolute atomic E-state index is 12.3. The molecule has 1 fully saturated rings. The third kappa shape index (κ3) is 3.47. The van der Waals surface area contributed by atoms with E-state index in [1.165, 1.54) is 11.8 Å². The van der Waals surface area contributed by atoms with Crippen LogP contribution in [-0.2, 0) is 9.53 Å². The Bertz CT molecular complexity index is 879. The van der Waals surface area contributed by atoms with Gasteiger partial charge in [0.05, 0.1) is 24.7 Å². The maximum Gasteiger partial charge on any atom is 0.233 e. The summed E-state index contributed by atoms with van der Waals surface area (Å²) in [6, 6.07) is 9.38. The van der Waals surface area contributed by atoms with Gasteiger partial charge in [-0.1, -0.05) is 17.8 Å². The minimum absolute atomic E-state index is 0.0749. The Morgan fingerprint density at radius 3 is 2.80 bits per heavy atom. The number of morpholine rings is 1. The van der Waals surface area contributed by atoms with Crippen LogP contribution in [0.1, 0.15) is 0 Å². The van der Waals surface area contributed by atoms with E-state index >= 15 is 0 Å². The van der Waals surface area contributed by atoms with Gasteiger partial charge in [0.1, 0.15) is 5.69 Å². The zero-order valence-electron chi connectivity index (χ0n) is 13.4. The van der Waals surface area contributed by atoms with E-state index in [0.717, 1.165) is 11.4 Å². The highest BCUT2D eigenvalue weighted by molar-refractivity contribution is 7.99. The van der Waals surface area contributed by atoms with Gasteiger partial charge in [-0.2, -0.15) is 9.61 Å². The number of amides is 1. The van der Waals surface area contributed by atoms with E-state index in [1.807, 2.05) is 35.2 Å². The van der Waals surface area contributed by atoms with Gasteiger partial charge in [-0.15, -0.1) is 10.2 Å². The molecule has 1 amide bonds. The molecule has 25 heavy (non-hydrogen) atoms. The Morgan fingerprint density at radius 1 is 1.12 bits per heavy atom. The van der Waals surface area contributed by atoms with E-state index in [4.69, 9.17) is 4.74 Å².